The van der Waals surface area contributed by atoms with Gasteiger partial charge in [-0.15, -0.1) is 11.6 Å². The van der Waals surface area contributed by atoms with Crippen LogP contribution in [0.15, 0.2) is 55.1 Å². The molecule has 8 nitrogen and oxygen atoms in total. The van der Waals surface area contributed by atoms with E-state index in [1.165, 1.54) is 11.1 Å². The number of fused-ring (bicyclic) bond motifs is 3. The van der Waals surface area contributed by atoms with Gasteiger partial charge in [0.15, 0.2) is 0 Å². The first kappa shape index (κ1) is 28.0. The monoisotopic (exact) mass is 617 g/mol. The smallest absolute Gasteiger partial charge is 0.416 e. The fraction of sp³-hybridized carbons (Fsp3) is 0.364. The molecular weight excluding hydrogens is 585 g/mol. The van der Waals surface area contributed by atoms with Crippen LogP contribution in [0.5, 0.6) is 11.5 Å². The highest BCUT2D eigenvalue weighted by Crippen LogP contribution is 2.53. The number of H-pyrrole nitrogens is 1. The van der Waals surface area contributed by atoms with Crippen LogP contribution in [-0.4, -0.2) is 49.8 Å². The predicted octanol–water partition coefficient (Wildman–Crippen LogP) is 5.57. The first-order valence-electron chi connectivity index (χ1n) is 14.8. The zero-order valence-corrected chi connectivity index (χ0v) is 25.4. The number of benzene rings is 2. The van der Waals surface area contributed by atoms with Gasteiger partial charge in [0.05, 0.1) is 12.5 Å². The average molecular weight is 619 g/mol. The van der Waals surface area contributed by atoms with Gasteiger partial charge in [-0.1, -0.05) is 29.8 Å². The maximum absolute atomic E-state index is 13.7. The lowest BCUT2D eigenvalue weighted by Gasteiger charge is -2.35. The number of rotatable bonds is 8. The highest BCUT2D eigenvalue weighted by Gasteiger charge is 2.41. The lowest BCUT2D eigenvalue weighted by molar-refractivity contribution is 0.135. The number of amides is 1. The normalized spacial score (nSPS) is 22.2. The van der Waals surface area contributed by atoms with Crippen LogP contribution in [0, 0.1) is 5.92 Å². The molecule has 0 spiro atoms. The third kappa shape index (κ3) is 5.66. The first-order chi connectivity index (χ1) is 21.0. The van der Waals surface area contributed by atoms with Gasteiger partial charge in [-0.3, -0.25) is 9.58 Å². The molecule has 2 aromatic heterocycles. The SMILES string of the molecule is COc1ccc(C2c3[nH]c4c(c3CCN2C(=O)Oc2ccc(Cl)cc2)=CC(Cl)CC=4)cc1C1CC1CCCn1cncn1. The summed E-state index contributed by atoms with van der Waals surface area (Å²) in [6, 6.07) is 12.9. The molecule has 3 aliphatic rings. The molecule has 1 amide bonds. The molecule has 0 bridgehead atoms. The fourth-order valence-corrected chi connectivity index (χ4v) is 7.02. The number of hydrogen-bond acceptors (Lipinski definition) is 5. The summed E-state index contributed by atoms with van der Waals surface area (Å²) in [4.78, 5) is 23.3. The van der Waals surface area contributed by atoms with Gasteiger partial charge in [0, 0.05) is 34.4 Å². The van der Waals surface area contributed by atoms with Crippen LogP contribution >= 0.6 is 23.2 Å². The van der Waals surface area contributed by atoms with E-state index in [1.54, 1.807) is 44.0 Å². The van der Waals surface area contributed by atoms with E-state index < -0.39 is 6.09 Å². The predicted molar refractivity (Wildman–Crippen MR) is 166 cm³/mol. The molecule has 0 radical (unpaired) electrons. The molecule has 2 aliphatic carbocycles. The summed E-state index contributed by atoms with van der Waals surface area (Å²) in [5, 5.41) is 7.00. The maximum atomic E-state index is 13.7. The minimum Gasteiger partial charge on any atom is -0.496 e. The van der Waals surface area contributed by atoms with Crippen LogP contribution in [0.1, 0.15) is 60.0 Å². The van der Waals surface area contributed by atoms with Crippen molar-refractivity contribution >= 4 is 41.4 Å². The third-order valence-corrected chi connectivity index (χ3v) is 9.42. The van der Waals surface area contributed by atoms with E-state index in [9.17, 15) is 4.79 Å². The fourth-order valence-electron chi connectivity index (χ4n) is 6.68. The first-order valence-corrected chi connectivity index (χ1v) is 15.6. The van der Waals surface area contributed by atoms with E-state index in [-0.39, 0.29) is 11.4 Å². The number of hydrogen-bond donors (Lipinski definition) is 1. The summed E-state index contributed by atoms with van der Waals surface area (Å²) >= 11 is 12.6. The molecule has 1 fully saturated rings. The summed E-state index contributed by atoms with van der Waals surface area (Å²) in [5.74, 6) is 2.34. The van der Waals surface area contributed by atoms with Crippen LogP contribution in [0.25, 0.3) is 12.2 Å². The van der Waals surface area contributed by atoms with Crippen molar-refractivity contribution in [3.05, 3.63) is 93.1 Å². The summed E-state index contributed by atoms with van der Waals surface area (Å²) in [5.41, 5.74) is 4.45. The summed E-state index contributed by atoms with van der Waals surface area (Å²) < 4.78 is 13.6. The molecule has 43 heavy (non-hydrogen) atoms. The zero-order valence-electron chi connectivity index (χ0n) is 23.9. The molecule has 4 aromatic rings. The van der Waals surface area contributed by atoms with Crippen molar-refractivity contribution in [3.63, 3.8) is 0 Å². The van der Waals surface area contributed by atoms with Gasteiger partial charge in [0.2, 0.25) is 0 Å². The number of carbonyl (C=O) groups is 1. The standard InChI is InChI=1S/C33H33Cl2N5O3/c1-42-30-11-4-21(16-28(30)26-15-20(26)3-2-13-39-19-36-18-37-39)32-31-25(27-17-23(35)7-10-29(27)38-31)12-14-40(32)33(41)43-24-8-5-22(34)6-9-24/h4-6,8-11,16-20,23,26,32,38H,2-3,7,12-15H2,1H3. The molecular formula is C33H33Cl2N5O3. The van der Waals surface area contributed by atoms with Crippen molar-refractivity contribution in [2.24, 2.45) is 5.92 Å². The Morgan fingerprint density at radius 2 is 2.05 bits per heavy atom. The number of nitrogens with one attached hydrogen (secondary N) is 1. The zero-order chi connectivity index (χ0) is 29.5. The quantitative estimate of drug-likeness (QED) is 0.261. The molecule has 2 aromatic carbocycles. The maximum Gasteiger partial charge on any atom is 0.416 e. The molecule has 1 aliphatic heterocycles. The van der Waals surface area contributed by atoms with Gasteiger partial charge in [0.1, 0.15) is 30.2 Å². The van der Waals surface area contributed by atoms with E-state index in [0.29, 0.717) is 35.6 Å². The third-order valence-electron chi connectivity index (χ3n) is 8.87. The average Bonchev–Trinajstić information content (AvgIpc) is 3.40. The second kappa shape index (κ2) is 11.7. The van der Waals surface area contributed by atoms with E-state index in [0.717, 1.165) is 59.8 Å². The Balaban J connectivity index is 1.21. The van der Waals surface area contributed by atoms with E-state index in [2.05, 4.69) is 39.4 Å². The van der Waals surface area contributed by atoms with Gasteiger partial charge in [-0.2, -0.15) is 5.10 Å². The number of carbonyl (C=O) groups excluding carboxylic acids is 1. The Morgan fingerprint density at radius 3 is 2.84 bits per heavy atom. The molecule has 3 heterocycles. The Morgan fingerprint density at radius 1 is 1.19 bits per heavy atom. The van der Waals surface area contributed by atoms with Crippen molar-refractivity contribution in [2.75, 3.05) is 13.7 Å². The number of aromatic nitrogens is 4. The van der Waals surface area contributed by atoms with Gasteiger partial charge < -0.3 is 14.5 Å². The Bertz CT molecular complexity index is 1750. The largest absolute Gasteiger partial charge is 0.496 e. The number of methoxy groups -OCH3 is 1. The molecule has 10 heteroatoms. The number of nitrogens with zero attached hydrogens (tertiary/aromatic N) is 4. The Kier molecular flexibility index (Phi) is 7.65. The molecule has 1 N–H and O–H groups in total. The van der Waals surface area contributed by atoms with Crippen molar-refractivity contribution in [1.29, 1.82) is 0 Å². The molecule has 4 atom stereocenters. The van der Waals surface area contributed by atoms with Crippen molar-refractivity contribution in [3.8, 4) is 11.5 Å². The van der Waals surface area contributed by atoms with Crippen molar-refractivity contribution in [1.82, 2.24) is 24.6 Å². The summed E-state index contributed by atoms with van der Waals surface area (Å²) in [6.07, 6.45) is 12.0. The van der Waals surface area contributed by atoms with Crippen LogP contribution in [0.4, 0.5) is 4.79 Å². The van der Waals surface area contributed by atoms with E-state index in [4.69, 9.17) is 32.7 Å². The van der Waals surface area contributed by atoms with Gasteiger partial charge >= 0.3 is 6.09 Å². The Labute approximate surface area is 259 Å². The number of aryl methyl sites for hydroxylation is 1. The van der Waals surface area contributed by atoms with Crippen molar-refractivity contribution in [2.45, 2.75) is 56.0 Å². The topological polar surface area (TPSA) is 85.3 Å². The molecule has 1 saturated carbocycles. The minimum atomic E-state index is -0.400. The van der Waals surface area contributed by atoms with E-state index >= 15 is 0 Å². The highest BCUT2D eigenvalue weighted by molar-refractivity contribution is 6.30. The molecule has 7 rings (SSSR count). The lowest BCUT2D eigenvalue weighted by atomic mass is 9.91. The van der Waals surface area contributed by atoms with Crippen LogP contribution in [0.3, 0.4) is 0 Å². The number of alkyl halides is 1. The molecule has 0 saturated heterocycles. The van der Waals surface area contributed by atoms with Gasteiger partial charge in [0.25, 0.3) is 0 Å². The minimum absolute atomic E-state index is 0.0392. The summed E-state index contributed by atoms with van der Waals surface area (Å²) in [6.45, 7) is 1.38. The van der Waals surface area contributed by atoms with Crippen LogP contribution < -0.4 is 20.0 Å². The molecule has 222 valence electrons. The Hall–Kier alpha value is -3.75. The van der Waals surface area contributed by atoms with E-state index in [1.807, 2.05) is 15.6 Å². The lowest BCUT2D eigenvalue weighted by Crippen LogP contribution is -2.43. The summed E-state index contributed by atoms with van der Waals surface area (Å²) in [7, 11) is 1.72. The van der Waals surface area contributed by atoms with Crippen LogP contribution in [0.2, 0.25) is 5.02 Å². The van der Waals surface area contributed by atoms with Crippen molar-refractivity contribution < 1.29 is 14.3 Å². The molecule has 4 unspecified atom stereocenters. The second-order valence-corrected chi connectivity index (χ2v) is 12.5. The second-order valence-electron chi connectivity index (χ2n) is 11.5. The number of ether oxygens (including phenoxy) is 2. The van der Waals surface area contributed by atoms with Gasteiger partial charge in [-0.05, 0) is 97.0 Å². The number of aromatic amines is 1. The highest BCUT2D eigenvalue weighted by atomic mass is 35.5. The van der Waals surface area contributed by atoms with Gasteiger partial charge in [-0.25, -0.2) is 9.78 Å². The van der Waals surface area contributed by atoms with Crippen LogP contribution in [-0.2, 0) is 13.0 Å². The number of halogens is 2.